The minimum Gasteiger partial charge on any atom is -0.357 e. The van der Waals surface area contributed by atoms with Crippen LogP contribution in [0.1, 0.15) is 28.4 Å². The summed E-state index contributed by atoms with van der Waals surface area (Å²) in [4.78, 5) is 6.35. The average molecular weight is 274 g/mol. The molecule has 0 unspecified atom stereocenters. The monoisotopic (exact) mass is 274 g/mol. The first-order valence-corrected chi connectivity index (χ1v) is 7.83. The van der Waals surface area contributed by atoms with E-state index in [0.29, 0.717) is 6.04 Å². The van der Waals surface area contributed by atoms with Crippen LogP contribution in [0, 0.1) is 0 Å². The van der Waals surface area contributed by atoms with Crippen LogP contribution in [0.4, 0.5) is 0 Å². The summed E-state index contributed by atoms with van der Waals surface area (Å²) >= 11 is 0. The molecular weight excluding hydrogens is 256 g/mol. The van der Waals surface area contributed by atoms with Crippen LogP contribution >= 0.6 is 0 Å². The Hall–Kier alpha value is -2.06. The number of H-pyrrole nitrogens is 1. The van der Waals surface area contributed by atoms with Crippen molar-refractivity contribution in [1.29, 1.82) is 0 Å². The van der Waals surface area contributed by atoms with Gasteiger partial charge in [0.2, 0.25) is 0 Å². The molecule has 21 heavy (non-hydrogen) atoms. The number of rotatable bonds is 0. The van der Waals surface area contributed by atoms with Gasteiger partial charge in [0.15, 0.2) is 0 Å². The quantitative estimate of drug-likeness (QED) is 0.662. The Morgan fingerprint density at radius 3 is 2.71 bits per heavy atom. The lowest BCUT2D eigenvalue weighted by Gasteiger charge is -2.40. The van der Waals surface area contributed by atoms with E-state index < -0.39 is 0 Å². The molecule has 2 aliphatic heterocycles. The van der Waals surface area contributed by atoms with E-state index in [0.717, 1.165) is 6.42 Å². The third kappa shape index (κ3) is 1.57. The number of nitrogens with one attached hydrogen (secondary N) is 1. The molecule has 104 valence electrons. The number of fused-ring (bicyclic) bond motifs is 7. The van der Waals surface area contributed by atoms with Crippen molar-refractivity contribution in [1.82, 2.24) is 9.88 Å². The van der Waals surface area contributed by atoms with E-state index in [-0.39, 0.29) is 0 Å². The second kappa shape index (κ2) is 4.22. The molecule has 2 aliphatic rings. The molecular formula is C19H18N2. The summed E-state index contributed by atoms with van der Waals surface area (Å²) < 4.78 is 0. The van der Waals surface area contributed by atoms with E-state index in [1.54, 1.807) is 0 Å². The van der Waals surface area contributed by atoms with Gasteiger partial charge in [-0.25, -0.2) is 0 Å². The highest BCUT2D eigenvalue weighted by Crippen LogP contribution is 2.41. The van der Waals surface area contributed by atoms with Crippen LogP contribution in [0.15, 0.2) is 48.5 Å². The van der Waals surface area contributed by atoms with Gasteiger partial charge in [0.05, 0.1) is 6.04 Å². The number of nitrogens with zero attached hydrogens (tertiary/aromatic N) is 1. The van der Waals surface area contributed by atoms with Gasteiger partial charge < -0.3 is 4.98 Å². The molecule has 1 N–H and O–H groups in total. The second-order valence-corrected chi connectivity index (χ2v) is 6.20. The number of para-hydroxylation sites is 1. The van der Waals surface area contributed by atoms with Gasteiger partial charge in [0.25, 0.3) is 0 Å². The smallest absolute Gasteiger partial charge is 0.0760 e. The van der Waals surface area contributed by atoms with Gasteiger partial charge in [0.1, 0.15) is 0 Å². The first-order chi connectivity index (χ1) is 10.4. The van der Waals surface area contributed by atoms with Gasteiger partial charge in [-0.3, -0.25) is 4.90 Å². The van der Waals surface area contributed by atoms with E-state index in [2.05, 4.69) is 58.4 Å². The first-order valence-electron chi connectivity index (χ1n) is 7.83. The zero-order chi connectivity index (χ0) is 13.8. The van der Waals surface area contributed by atoms with Crippen LogP contribution in [0.2, 0.25) is 0 Å². The Kier molecular flexibility index (Phi) is 2.33. The summed E-state index contributed by atoms with van der Waals surface area (Å²) in [6.07, 6.45) is 2.35. The molecule has 0 aliphatic carbocycles. The van der Waals surface area contributed by atoms with Crippen molar-refractivity contribution in [3.63, 3.8) is 0 Å². The summed E-state index contributed by atoms with van der Waals surface area (Å²) in [5, 5.41) is 1.41. The summed E-state index contributed by atoms with van der Waals surface area (Å²) in [5.74, 6) is 0. The van der Waals surface area contributed by atoms with Crippen molar-refractivity contribution in [3.05, 3.63) is 70.9 Å². The molecule has 0 radical (unpaired) electrons. The van der Waals surface area contributed by atoms with Crippen molar-refractivity contribution in [3.8, 4) is 0 Å². The second-order valence-electron chi connectivity index (χ2n) is 6.20. The zero-order valence-electron chi connectivity index (χ0n) is 12.0. The fourth-order valence-electron chi connectivity index (χ4n) is 4.18. The van der Waals surface area contributed by atoms with Gasteiger partial charge in [-0.1, -0.05) is 42.5 Å². The number of aromatic amines is 1. The maximum Gasteiger partial charge on any atom is 0.0760 e. The Morgan fingerprint density at radius 1 is 0.905 bits per heavy atom. The van der Waals surface area contributed by atoms with E-state index in [1.165, 1.54) is 52.8 Å². The Balaban J connectivity index is 1.78. The molecule has 0 spiro atoms. The largest absolute Gasteiger partial charge is 0.357 e. The molecule has 3 aromatic rings. The predicted molar refractivity (Wildman–Crippen MR) is 85.6 cm³/mol. The lowest BCUT2D eigenvalue weighted by atomic mass is 9.86. The van der Waals surface area contributed by atoms with Crippen LogP contribution in [0.3, 0.4) is 0 Å². The molecule has 1 aromatic heterocycles. The van der Waals surface area contributed by atoms with Crippen LogP contribution in [-0.2, 0) is 12.8 Å². The third-order valence-corrected chi connectivity index (χ3v) is 5.15. The highest BCUT2D eigenvalue weighted by Gasteiger charge is 2.34. The van der Waals surface area contributed by atoms with E-state index in [4.69, 9.17) is 0 Å². The molecule has 2 heteroatoms. The van der Waals surface area contributed by atoms with Gasteiger partial charge >= 0.3 is 0 Å². The van der Waals surface area contributed by atoms with Crippen LogP contribution < -0.4 is 0 Å². The summed E-state index contributed by atoms with van der Waals surface area (Å²) in [6.45, 7) is 2.35. The number of benzene rings is 2. The molecule has 0 fully saturated rings. The van der Waals surface area contributed by atoms with Crippen molar-refractivity contribution >= 4 is 10.9 Å². The molecule has 2 aromatic carbocycles. The molecule has 0 bridgehead atoms. The number of hydrogen-bond donors (Lipinski definition) is 1. The minimum atomic E-state index is 0.422. The van der Waals surface area contributed by atoms with Crippen LogP contribution in [-0.4, -0.2) is 23.0 Å². The summed E-state index contributed by atoms with van der Waals surface area (Å²) in [7, 11) is 0. The lowest BCUT2D eigenvalue weighted by molar-refractivity contribution is 0.199. The molecule has 0 saturated carbocycles. The maximum atomic E-state index is 3.71. The first kappa shape index (κ1) is 11.6. The van der Waals surface area contributed by atoms with E-state index >= 15 is 0 Å². The molecule has 1 atom stereocenters. The summed E-state index contributed by atoms with van der Waals surface area (Å²) in [6, 6.07) is 18.1. The fourth-order valence-corrected chi connectivity index (χ4v) is 4.18. The fraction of sp³-hybridized carbons (Fsp3) is 0.263. The average Bonchev–Trinajstić information content (AvgIpc) is 2.93. The predicted octanol–water partition coefficient (Wildman–Crippen LogP) is 3.67. The Labute approximate surface area is 124 Å². The molecule has 3 heterocycles. The number of aromatic nitrogens is 1. The van der Waals surface area contributed by atoms with Gasteiger partial charge in [-0.15, -0.1) is 0 Å². The van der Waals surface area contributed by atoms with E-state index in [1.807, 2.05) is 0 Å². The van der Waals surface area contributed by atoms with Crippen molar-refractivity contribution in [2.24, 2.45) is 0 Å². The van der Waals surface area contributed by atoms with Gasteiger partial charge in [-0.05, 0) is 35.6 Å². The topological polar surface area (TPSA) is 19.0 Å². The molecule has 5 rings (SSSR count). The maximum absolute atomic E-state index is 3.71. The Morgan fingerprint density at radius 2 is 1.71 bits per heavy atom. The van der Waals surface area contributed by atoms with E-state index in [9.17, 15) is 0 Å². The number of hydrogen-bond acceptors (Lipinski definition) is 1. The third-order valence-electron chi connectivity index (χ3n) is 5.15. The lowest BCUT2D eigenvalue weighted by Crippen LogP contribution is -2.40. The summed E-state index contributed by atoms with van der Waals surface area (Å²) in [5.41, 5.74) is 7.26. The molecule has 0 amide bonds. The van der Waals surface area contributed by atoms with Crippen molar-refractivity contribution in [2.75, 3.05) is 13.1 Å². The van der Waals surface area contributed by atoms with Crippen molar-refractivity contribution < 1.29 is 0 Å². The van der Waals surface area contributed by atoms with Gasteiger partial charge in [-0.2, -0.15) is 0 Å². The highest BCUT2D eigenvalue weighted by molar-refractivity contribution is 5.85. The highest BCUT2D eigenvalue weighted by atomic mass is 15.2. The SMILES string of the molecule is c1ccc2c(c1)CCN1CCc3c([nH]c4ccccc34)[C@H]21. The Bertz CT molecular complexity index is 830. The molecule has 2 nitrogen and oxygen atoms in total. The zero-order valence-corrected chi connectivity index (χ0v) is 12.0. The standard InChI is InChI=1S/C19H18N2/c1-2-6-14-13(5-1)9-11-21-12-10-16-15-7-3-4-8-17(15)20-18(16)19(14)21/h1-8,19-20H,9-12H2/t19-/m0/s1. The normalized spacial score (nSPS) is 20.9. The van der Waals surface area contributed by atoms with Crippen molar-refractivity contribution in [2.45, 2.75) is 18.9 Å². The van der Waals surface area contributed by atoms with Gasteiger partial charge in [0, 0.05) is 29.7 Å². The molecule has 0 saturated heterocycles. The van der Waals surface area contributed by atoms with Crippen LogP contribution in [0.25, 0.3) is 10.9 Å². The minimum absolute atomic E-state index is 0.422. The van der Waals surface area contributed by atoms with Crippen LogP contribution in [0.5, 0.6) is 0 Å².